The van der Waals surface area contributed by atoms with Gasteiger partial charge in [0.1, 0.15) is 5.69 Å². The van der Waals surface area contributed by atoms with Gasteiger partial charge in [-0.25, -0.2) is 4.68 Å². The lowest BCUT2D eigenvalue weighted by molar-refractivity contribution is -0.384. The van der Waals surface area contributed by atoms with E-state index in [0.29, 0.717) is 0 Å². The molecule has 4 rings (SSSR count). The van der Waals surface area contributed by atoms with Crippen LogP contribution in [0.25, 0.3) is 5.69 Å². The topological polar surface area (TPSA) is 95.4 Å². The molecule has 0 saturated carbocycles. The molecule has 1 unspecified atom stereocenters. The molecule has 0 fully saturated rings. The zero-order valence-electron chi connectivity index (χ0n) is 15.2. The van der Waals surface area contributed by atoms with Crippen molar-refractivity contribution in [2.75, 3.05) is 0 Å². The number of nitro benzene ring substituents is 1. The van der Waals surface area contributed by atoms with E-state index >= 15 is 0 Å². The minimum absolute atomic E-state index is 0.00371. The molecule has 0 bridgehead atoms. The summed E-state index contributed by atoms with van der Waals surface area (Å²) in [4.78, 5) is 15.8. The Kier molecular flexibility index (Phi) is 5.10. The first kappa shape index (κ1) is 21.1. The van der Waals surface area contributed by atoms with Crippen molar-refractivity contribution in [2.24, 2.45) is 5.16 Å². The van der Waals surface area contributed by atoms with Crippen LogP contribution in [-0.2, 0) is 10.4 Å². The maximum Gasteiger partial charge on any atom is 0.435 e. The molecular formula is C18H10Cl2F3N5O3. The lowest BCUT2D eigenvalue weighted by atomic mass is 9.86. The molecule has 3 aromatic rings. The first-order chi connectivity index (χ1) is 14.6. The van der Waals surface area contributed by atoms with Gasteiger partial charge in [0, 0.05) is 33.7 Å². The summed E-state index contributed by atoms with van der Waals surface area (Å²) in [5.41, 5.74) is -3.49. The van der Waals surface area contributed by atoms with Crippen molar-refractivity contribution >= 4 is 34.6 Å². The van der Waals surface area contributed by atoms with E-state index in [1.807, 2.05) is 0 Å². The third-order valence-corrected chi connectivity index (χ3v) is 5.13. The van der Waals surface area contributed by atoms with Gasteiger partial charge in [0.2, 0.25) is 0 Å². The van der Waals surface area contributed by atoms with E-state index in [9.17, 15) is 23.3 Å². The van der Waals surface area contributed by atoms with E-state index in [2.05, 4.69) is 15.5 Å². The average Bonchev–Trinajstić information content (AvgIpc) is 3.37. The zero-order chi connectivity index (χ0) is 22.4. The highest BCUT2D eigenvalue weighted by Crippen LogP contribution is 2.49. The molecule has 0 amide bonds. The van der Waals surface area contributed by atoms with E-state index in [1.165, 1.54) is 35.3 Å². The molecule has 31 heavy (non-hydrogen) atoms. The molecule has 0 saturated heterocycles. The summed E-state index contributed by atoms with van der Waals surface area (Å²) in [5, 5.41) is 22.4. The van der Waals surface area contributed by atoms with E-state index < -0.39 is 23.1 Å². The van der Waals surface area contributed by atoms with Gasteiger partial charge in [0.15, 0.2) is 0 Å². The van der Waals surface area contributed by atoms with E-state index in [1.54, 1.807) is 0 Å². The first-order valence-electron chi connectivity index (χ1n) is 8.54. The summed E-state index contributed by atoms with van der Waals surface area (Å²) in [5.74, 6) is 0. The Hall–Kier alpha value is -3.18. The van der Waals surface area contributed by atoms with Crippen LogP contribution in [0.4, 0.5) is 18.9 Å². The summed E-state index contributed by atoms with van der Waals surface area (Å²) in [6, 6.07) is 7.32. The molecule has 160 valence electrons. The average molecular weight is 472 g/mol. The number of nitro groups is 1. The lowest BCUT2D eigenvalue weighted by Gasteiger charge is -2.29. The van der Waals surface area contributed by atoms with Crippen LogP contribution in [-0.4, -0.2) is 31.8 Å². The van der Waals surface area contributed by atoms with Crippen molar-refractivity contribution in [1.82, 2.24) is 15.0 Å². The Morgan fingerprint density at radius 3 is 2.45 bits per heavy atom. The second kappa shape index (κ2) is 7.50. The zero-order valence-corrected chi connectivity index (χ0v) is 16.7. The van der Waals surface area contributed by atoms with Gasteiger partial charge in [-0.05, 0) is 24.3 Å². The summed E-state index contributed by atoms with van der Waals surface area (Å²) >= 11 is 11.8. The van der Waals surface area contributed by atoms with Crippen LogP contribution in [0.2, 0.25) is 10.0 Å². The van der Waals surface area contributed by atoms with Crippen molar-refractivity contribution in [2.45, 2.75) is 18.2 Å². The Bertz CT molecular complexity index is 1180. The lowest BCUT2D eigenvalue weighted by Crippen LogP contribution is -2.42. The van der Waals surface area contributed by atoms with Crippen LogP contribution < -0.4 is 0 Å². The van der Waals surface area contributed by atoms with Crippen molar-refractivity contribution in [1.29, 1.82) is 0 Å². The number of hydrogen-bond donors (Lipinski definition) is 0. The molecule has 1 aliphatic heterocycles. The van der Waals surface area contributed by atoms with Gasteiger partial charge in [-0.15, -0.1) is 5.10 Å². The van der Waals surface area contributed by atoms with Crippen LogP contribution in [0.5, 0.6) is 0 Å². The fourth-order valence-electron chi connectivity index (χ4n) is 3.23. The number of rotatable bonds is 4. The SMILES string of the molecule is O=[N+]([O-])c1cc(C2=NOC(c3cc(Cl)cc(Cl)c3)(C(F)(F)F)C2)ccc1-n1ccnn1. The second-order valence-corrected chi connectivity index (χ2v) is 7.47. The van der Waals surface area contributed by atoms with Gasteiger partial charge in [0.05, 0.1) is 23.0 Å². The summed E-state index contributed by atoms with van der Waals surface area (Å²) in [6.45, 7) is 0. The molecule has 1 atom stereocenters. The predicted octanol–water partition coefficient (Wildman–Crippen LogP) is 5.06. The van der Waals surface area contributed by atoms with Crippen molar-refractivity contribution in [3.8, 4) is 5.69 Å². The van der Waals surface area contributed by atoms with E-state index in [-0.39, 0.29) is 38.3 Å². The molecule has 2 heterocycles. The van der Waals surface area contributed by atoms with E-state index in [0.717, 1.165) is 18.2 Å². The number of halogens is 5. The number of oxime groups is 1. The van der Waals surface area contributed by atoms with Crippen LogP contribution in [0.1, 0.15) is 17.5 Å². The molecule has 2 aromatic carbocycles. The van der Waals surface area contributed by atoms with Crippen LogP contribution in [0, 0.1) is 10.1 Å². The van der Waals surface area contributed by atoms with Crippen LogP contribution in [0.3, 0.4) is 0 Å². The smallest absolute Gasteiger partial charge is 0.374 e. The highest BCUT2D eigenvalue weighted by molar-refractivity contribution is 6.34. The molecule has 0 N–H and O–H groups in total. The Morgan fingerprint density at radius 1 is 1.16 bits per heavy atom. The molecular weight excluding hydrogens is 462 g/mol. The fourth-order valence-corrected chi connectivity index (χ4v) is 3.75. The number of hydrogen-bond acceptors (Lipinski definition) is 6. The number of nitrogens with zero attached hydrogens (tertiary/aromatic N) is 5. The maximum atomic E-state index is 14.1. The highest BCUT2D eigenvalue weighted by atomic mass is 35.5. The Morgan fingerprint density at radius 2 is 1.87 bits per heavy atom. The minimum Gasteiger partial charge on any atom is -0.374 e. The third-order valence-electron chi connectivity index (χ3n) is 4.69. The number of benzene rings is 2. The highest BCUT2D eigenvalue weighted by Gasteiger charge is 2.62. The van der Waals surface area contributed by atoms with Crippen LogP contribution >= 0.6 is 23.2 Å². The fraction of sp³-hybridized carbons (Fsp3) is 0.167. The quantitative estimate of drug-likeness (QED) is 0.391. The molecule has 1 aromatic heterocycles. The third kappa shape index (κ3) is 3.70. The molecule has 8 nitrogen and oxygen atoms in total. The Balaban J connectivity index is 1.76. The maximum absolute atomic E-state index is 14.1. The first-order valence-corrected chi connectivity index (χ1v) is 9.30. The monoisotopic (exact) mass is 471 g/mol. The van der Waals surface area contributed by atoms with Gasteiger partial charge < -0.3 is 4.84 Å². The Labute approximate surface area is 182 Å². The molecule has 1 aliphatic rings. The van der Waals surface area contributed by atoms with Crippen molar-refractivity contribution in [3.63, 3.8) is 0 Å². The normalized spacial score (nSPS) is 18.5. The van der Waals surface area contributed by atoms with Gasteiger partial charge in [0.25, 0.3) is 11.3 Å². The standard InChI is InChI=1S/C18H10Cl2F3N5O3/c19-12-6-11(7-13(20)8-12)17(18(21,22)23)9-14(25-31-17)10-1-2-15(16(5-10)28(29)30)27-4-3-24-26-27/h1-8H,9H2. The van der Waals surface area contributed by atoms with Crippen LogP contribution in [0.15, 0.2) is 53.9 Å². The van der Waals surface area contributed by atoms with Gasteiger partial charge in [-0.2, -0.15) is 13.2 Å². The summed E-state index contributed by atoms with van der Waals surface area (Å²) in [7, 11) is 0. The van der Waals surface area contributed by atoms with Gasteiger partial charge in [-0.3, -0.25) is 10.1 Å². The number of alkyl halides is 3. The predicted molar refractivity (Wildman–Crippen MR) is 104 cm³/mol. The minimum atomic E-state index is -4.88. The molecule has 13 heteroatoms. The molecule has 0 aliphatic carbocycles. The second-order valence-electron chi connectivity index (χ2n) is 6.60. The number of aromatic nitrogens is 3. The van der Waals surface area contributed by atoms with Crippen molar-refractivity contribution in [3.05, 3.63) is 80.1 Å². The van der Waals surface area contributed by atoms with Gasteiger partial charge >= 0.3 is 6.18 Å². The molecule has 0 spiro atoms. The molecule has 0 radical (unpaired) electrons. The van der Waals surface area contributed by atoms with E-state index in [4.69, 9.17) is 28.0 Å². The summed E-state index contributed by atoms with van der Waals surface area (Å²) < 4.78 is 43.5. The largest absolute Gasteiger partial charge is 0.435 e. The van der Waals surface area contributed by atoms with Gasteiger partial charge in [-0.1, -0.05) is 39.6 Å². The summed E-state index contributed by atoms with van der Waals surface area (Å²) in [6.07, 6.45) is -2.87. The van der Waals surface area contributed by atoms with Crippen molar-refractivity contribution < 1.29 is 22.9 Å².